The molecule has 1 heterocycles. The quantitative estimate of drug-likeness (QED) is 0.687. The first kappa shape index (κ1) is 10.9. The van der Waals surface area contributed by atoms with Crippen LogP contribution in [0.4, 0.5) is 0 Å². The minimum atomic E-state index is 0.166. The fourth-order valence-electron chi connectivity index (χ4n) is 2.02. The smallest absolute Gasteiger partial charge is 0.234 e. The number of nitrogens with two attached hydrogens (primary N) is 1. The molecule has 2 aliphatic rings. The summed E-state index contributed by atoms with van der Waals surface area (Å²) in [5.41, 5.74) is 5.98. The highest BCUT2D eigenvalue weighted by Gasteiger charge is 2.27. The van der Waals surface area contributed by atoms with E-state index in [4.69, 9.17) is 5.73 Å². The third-order valence-corrected chi connectivity index (χ3v) is 3.41. The zero-order valence-electron chi connectivity index (χ0n) is 9.41. The third kappa shape index (κ3) is 3.18. The fourth-order valence-corrected chi connectivity index (χ4v) is 2.02. The van der Waals surface area contributed by atoms with Gasteiger partial charge in [0, 0.05) is 18.6 Å². The van der Waals surface area contributed by atoms with Crippen LogP contribution in [0, 0.1) is 5.92 Å². The van der Waals surface area contributed by atoms with Gasteiger partial charge in [0.1, 0.15) is 0 Å². The maximum absolute atomic E-state index is 11.6. The molecule has 1 amide bonds. The Kier molecular flexibility index (Phi) is 3.26. The van der Waals surface area contributed by atoms with Crippen LogP contribution in [0.2, 0.25) is 0 Å². The first-order valence-electron chi connectivity index (χ1n) is 5.92. The van der Waals surface area contributed by atoms with Crippen molar-refractivity contribution in [2.24, 2.45) is 11.7 Å². The molecule has 0 aromatic heterocycles. The van der Waals surface area contributed by atoms with Crippen LogP contribution in [0.1, 0.15) is 26.2 Å². The molecule has 0 bridgehead atoms. The van der Waals surface area contributed by atoms with Crippen LogP contribution in [0.5, 0.6) is 0 Å². The SMILES string of the molecule is CC1CCN(CC(=O)NC2CC2)CC1N. The highest BCUT2D eigenvalue weighted by atomic mass is 16.2. The molecule has 2 rings (SSSR count). The van der Waals surface area contributed by atoms with E-state index in [1.165, 1.54) is 0 Å². The zero-order chi connectivity index (χ0) is 10.8. The number of hydrogen-bond donors (Lipinski definition) is 2. The van der Waals surface area contributed by atoms with E-state index in [2.05, 4.69) is 17.1 Å². The van der Waals surface area contributed by atoms with E-state index < -0.39 is 0 Å². The molecule has 0 aromatic carbocycles. The monoisotopic (exact) mass is 211 g/mol. The van der Waals surface area contributed by atoms with Crippen LogP contribution in [-0.2, 0) is 4.79 Å². The average molecular weight is 211 g/mol. The Morgan fingerprint density at radius 3 is 2.80 bits per heavy atom. The van der Waals surface area contributed by atoms with Gasteiger partial charge in [-0.1, -0.05) is 6.92 Å². The summed E-state index contributed by atoms with van der Waals surface area (Å²) in [5, 5.41) is 3.01. The predicted octanol–water partition coefficient (Wildman–Crippen LogP) is -0.0659. The molecule has 15 heavy (non-hydrogen) atoms. The first-order valence-corrected chi connectivity index (χ1v) is 5.92. The molecule has 4 heteroatoms. The fraction of sp³-hybridized carbons (Fsp3) is 0.909. The van der Waals surface area contributed by atoms with Gasteiger partial charge in [0.05, 0.1) is 6.54 Å². The van der Waals surface area contributed by atoms with Crippen LogP contribution >= 0.6 is 0 Å². The van der Waals surface area contributed by atoms with E-state index >= 15 is 0 Å². The number of nitrogens with one attached hydrogen (secondary N) is 1. The minimum Gasteiger partial charge on any atom is -0.352 e. The number of piperidine rings is 1. The molecule has 1 aliphatic heterocycles. The summed E-state index contributed by atoms with van der Waals surface area (Å²) in [6.07, 6.45) is 3.42. The summed E-state index contributed by atoms with van der Waals surface area (Å²) < 4.78 is 0. The predicted molar refractivity (Wildman–Crippen MR) is 59.4 cm³/mol. The standard InChI is InChI=1S/C11H21N3O/c1-8-4-5-14(6-10(8)12)7-11(15)13-9-2-3-9/h8-10H,2-7,12H2,1H3,(H,13,15). The molecule has 0 radical (unpaired) electrons. The maximum atomic E-state index is 11.6. The summed E-state index contributed by atoms with van der Waals surface area (Å²) in [6, 6.07) is 0.697. The molecule has 1 saturated heterocycles. The molecule has 0 aromatic rings. The molecular formula is C11H21N3O. The van der Waals surface area contributed by atoms with Gasteiger partial charge in [-0.15, -0.1) is 0 Å². The zero-order valence-corrected chi connectivity index (χ0v) is 9.41. The van der Waals surface area contributed by atoms with Gasteiger partial charge in [0.15, 0.2) is 0 Å². The van der Waals surface area contributed by atoms with E-state index in [-0.39, 0.29) is 11.9 Å². The molecule has 1 saturated carbocycles. The number of hydrogen-bond acceptors (Lipinski definition) is 3. The van der Waals surface area contributed by atoms with Crippen molar-refractivity contribution in [2.75, 3.05) is 19.6 Å². The van der Waals surface area contributed by atoms with Crippen molar-refractivity contribution in [3.63, 3.8) is 0 Å². The van der Waals surface area contributed by atoms with E-state index in [0.29, 0.717) is 18.5 Å². The average Bonchev–Trinajstić information content (AvgIpc) is 2.95. The lowest BCUT2D eigenvalue weighted by atomic mass is 9.94. The normalized spacial score (nSPS) is 32.7. The van der Waals surface area contributed by atoms with Crippen LogP contribution < -0.4 is 11.1 Å². The number of carbonyl (C=O) groups excluding carboxylic acids is 1. The van der Waals surface area contributed by atoms with Crippen LogP contribution in [0.15, 0.2) is 0 Å². The van der Waals surface area contributed by atoms with E-state index in [0.717, 1.165) is 32.4 Å². The number of likely N-dealkylation sites (tertiary alicyclic amines) is 1. The van der Waals surface area contributed by atoms with Gasteiger partial charge in [0.25, 0.3) is 0 Å². The topological polar surface area (TPSA) is 58.4 Å². The highest BCUT2D eigenvalue weighted by Crippen LogP contribution is 2.19. The number of amides is 1. The molecule has 0 spiro atoms. The van der Waals surface area contributed by atoms with Gasteiger partial charge in [-0.25, -0.2) is 0 Å². The largest absolute Gasteiger partial charge is 0.352 e. The molecule has 1 aliphatic carbocycles. The van der Waals surface area contributed by atoms with Gasteiger partial charge in [-0.05, 0) is 31.7 Å². The minimum absolute atomic E-state index is 0.166. The molecule has 4 nitrogen and oxygen atoms in total. The third-order valence-electron chi connectivity index (χ3n) is 3.41. The summed E-state index contributed by atoms with van der Waals surface area (Å²) in [7, 11) is 0. The Morgan fingerprint density at radius 2 is 2.20 bits per heavy atom. The lowest BCUT2D eigenvalue weighted by Gasteiger charge is -2.34. The Labute approximate surface area is 91.2 Å². The number of nitrogens with zero attached hydrogens (tertiary/aromatic N) is 1. The van der Waals surface area contributed by atoms with Crippen molar-refractivity contribution in [2.45, 2.75) is 38.3 Å². The van der Waals surface area contributed by atoms with Crippen LogP contribution in [0.25, 0.3) is 0 Å². The first-order chi connectivity index (χ1) is 7.15. The summed E-state index contributed by atoms with van der Waals surface area (Å²) in [5.74, 6) is 0.756. The van der Waals surface area contributed by atoms with Crippen molar-refractivity contribution in [1.82, 2.24) is 10.2 Å². The van der Waals surface area contributed by atoms with Gasteiger partial charge >= 0.3 is 0 Å². The maximum Gasteiger partial charge on any atom is 0.234 e. The van der Waals surface area contributed by atoms with Crippen molar-refractivity contribution in [1.29, 1.82) is 0 Å². The van der Waals surface area contributed by atoms with Crippen molar-refractivity contribution < 1.29 is 4.79 Å². The van der Waals surface area contributed by atoms with Crippen molar-refractivity contribution >= 4 is 5.91 Å². The molecule has 3 N–H and O–H groups in total. The Morgan fingerprint density at radius 1 is 1.47 bits per heavy atom. The second-order valence-corrected chi connectivity index (χ2v) is 5.01. The highest BCUT2D eigenvalue weighted by molar-refractivity contribution is 5.78. The Bertz CT molecular complexity index is 240. The van der Waals surface area contributed by atoms with Gasteiger partial charge in [-0.2, -0.15) is 0 Å². The van der Waals surface area contributed by atoms with Gasteiger partial charge in [-0.3, -0.25) is 9.69 Å². The second kappa shape index (κ2) is 4.49. The lowest BCUT2D eigenvalue weighted by molar-refractivity contribution is -0.122. The lowest BCUT2D eigenvalue weighted by Crippen LogP contribution is -2.50. The number of rotatable bonds is 3. The molecule has 2 fully saturated rings. The molecule has 86 valence electrons. The van der Waals surface area contributed by atoms with Crippen LogP contribution in [-0.4, -0.2) is 42.5 Å². The van der Waals surface area contributed by atoms with Gasteiger partial charge < -0.3 is 11.1 Å². The van der Waals surface area contributed by atoms with Crippen molar-refractivity contribution in [3.8, 4) is 0 Å². The Hall–Kier alpha value is -0.610. The van der Waals surface area contributed by atoms with E-state index in [1.54, 1.807) is 0 Å². The molecule has 2 atom stereocenters. The summed E-state index contributed by atoms with van der Waals surface area (Å²) >= 11 is 0. The molecular weight excluding hydrogens is 190 g/mol. The van der Waals surface area contributed by atoms with Crippen molar-refractivity contribution in [3.05, 3.63) is 0 Å². The Balaban J connectivity index is 1.71. The van der Waals surface area contributed by atoms with E-state index in [1.807, 2.05) is 0 Å². The van der Waals surface area contributed by atoms with E-state index in [9.17, 15) is 4.79 Å². The van der Waals surface area contributed by atoms with Crippen LogP contribution in [0.3, 0.4) is 0 Å². The molecule has 2 unspecified atom stereocenters. The summed E-state index contributed by atoms with van der Waals surface area (Å²) in [4.78, 5) is 13.7. The summed E-state index contributed by atoms with van der Waals surface area (Å²) in [6.45, 7) is 4.58. The van der Waals surface area contributed by atoms with Gasteiger partial charge in [0.2, 0.25) is 5.91 Å². The number of carbonyl (C=O) groups is 1. The second-order valence-electron chi connectivity index (χ2n) is 5.01.